The van der Waals surface area contributed by atoms with E-state index in [-0.39, 0.29) is 19.1 Å². The number of quaternary nitrogens is 1. The molecule has 0 aliphatic rings. The highest BCUT2D eigenvalue weighted by Gasteiger charge is 2.27. The molecule has 3 atom stereocenters. The van der Waals surface area contributed by atoms with Gasteiger partial charge >= 0.3 is 7.82 Å². The Morgan fingerprint density at radius 3 is 1.36 bits per heavy atom. The largest absolute Gasteiger partial charge is 0.472 e. The summed E-state index contributed by atoms with van der Waals surface area (Å²) in [6, 6.07) is -0.847. The SMILES string of the molecule is CCCCCCC/C=C\C/C=C\C/C=C\CCCCCCCCCCCCCCC(=O)NC(COP(=O)(O)OCC[N+](C)(C)C)C(O)/C=C/CCCCCCCCCCCC. The molecule has 0 aromatic carbocycles. The van der Waals surface area contributed by atoms with Crippen LogP contribution < -0.4 is 5.32 Å². The van der Waals surface area contributed by atoms with E-state index in [1.54, 1.807) is 6.08 Å². The summed E-state index contributed by atoms with van der Waals surface area (Å²) in [5.41, 5.74) is 0. The molecule has 0 aromatic rings. The average Bonchev–Trinajstić information content (AvgIpc) is 3.21. The lowest BCUT2D eigenvalue weighted by Gasteiger charge is -2.25. The van der Waals surface area contributed by atoms with Gasteiger partial charge in [-0.2, -0.15) is 0 Å². The van der Waals surface area contributed by atoms with Crippen molar-refractivity contribution in [3.05, 3.63) is 48.6 Å². The van der Waals surface area contributed by atoms with Gasteiger partial charge < -0.3 is 19.8 Å². The van der Waals surface area contributed by atoms with Crippen LogP contribution in [0.5, 0.6) is 0 Å². The second-order valence-corrected chi connectivity index (χ2v) is 20.0. The molecule has 0 radical (unpaired) electrons. The predicted molar refractivity (Wildman–Crippen MR) is 263 cm³/mol. The fourth-order valence-corrected chi connectivity index (χ4v) is 7.96. The van der Waals surface area contributed by atoms with Gasteiger partial charge in [0.25, 0.3) is 0 Å². The molecule has 0 aliphatic heterocycles. The van der Waals surface area contributed by atoms with Crippen molar-refractivity contribution in [2.24, 2.45) is 0 Å². The Hall–Kier alpha value is -1.54. The van der Waals surface area contributed by atoms with Crippen LogP contribution >= 0.6 is 7.82 Å². The van der Waals surface area contributed by atoms with Crippen LogP contribution in [0.4, 0.5) is 0 Å². The number of amides is 1. The molecule has 0 aliphatic carbocycles. The number of nitrogens with one attached hydrogen (secondary N) is 1. The number of hydrogen-bond acceptors (Lipinski definition) is 5. The third-order valence-electron chi connectivity index (χ3n) is 11.3. The summed E-state index contributed by atoms with van der Waals surface area (Å²) in [5.74, 6) is -0.180. The zero-order chi connectivity index (χ0) is 45.0. The summed E-state index contributed by atoms with van der Waals surface area (Å²) in [6.45, 7) is 4.79. The minimum absolute atomic E-state index is 0.0603. The van der Waals surface area contributed by atoms with Crippen molar-refractivity contribution in [2.45, 2.75) is 238 Å². The van der Waals surface area contributed by atoms with E-state index in [2.05, 4.69) is 55.6 Å². The Morgan fingerprint density at radius 2 is 0.934 bits per heavy atom. The van der Waals surface area contributed by atoms with Gasteiger partial charge in [0.1, 0.15) is 13.2 Å². The van der Waals surface area contributed by atoms with E-state index in [0.717, 1.165) is 51.4 Å². The van der Waals surface area contributed by atoms with Crippen molar-refractivity contribution in [3.63, 3.8) is 0 Å². The lowest BCUT2D eigenvalue weighted by Crippen LogP contribution is -2.45. The minimum Gasteiger partial charge on any atom is -0.387 e. The first kappa shape index (κ1) is 59.5. The summed E-state index contributed by atoms with van der Waals surface area (Å²) in [5, 5.41) is 13.8. The Labute approximate surface area is 378 Å². The highest BCUT2D eigenvalue weighted by molar-refractivity contribution is 7.47. The van der Waals surface area contributed by atoms with Gasteiger partial charge in [0.05, 0.1) is 39.9 Å². The number of aliphatic hydroxyl groups excluding tert-OH is 1. The molecule has 9 heteroatoms. The molecule has 0 heterocycles. The van der Waals surface area contributed by atoms with Crippen molar-refractivity contribution in [3.8, 4) is 0 Å². The first-order valence-corrected chi connectivity index (χ1v) is 27.0. The lowest BCUT2D eigenvalue weighted by atomic mass is 10.0. The van der Waals surface area contributed by atoms with E-state index in [0.29, 0.717) is 17.4 Å². The monoisotopic (exact) mass is 880 g/mol. The third-order valence-corrected chi connectivity index (χ3v) is 12.3. The van der Waals surface area contributed by atoms with E-state index < -0.39 is 20.0 Å². The summed E-state index contributed by atoms with van der Waals surface area (Å²) in [6.07, 6.45) is 56.2. The quantitative estimate of drug-likeness (QED) is 0.0243. The topological polar surface area (TPSA) is 105 Å². The Kier molecular flexibility index (Phi) is 42.6. The van der Waals surface area contributed by atoms with E-state index in [9.17, 15) is 19.4 Å². The van der Waals surface area contributed by atoms with Crippen LogP contribution in [0, 0.1) is 0 Å². The standard InChI is InChI=1S/C52H99N2O6P/c1-6-8-10-12-14-16-18-20-21-22-23-24-25-26-27-28-29-30-31-32-33-34-36-38-40-42-44-46-52(56)53-50(49-60-61(57,58)59-48-47-54(3,4)5)51(55)45-43-41-39-37-35-19-17-15-13-11-9-7-2/h18,20,22-23,25-26,43,45,50-51,55H,6-17,19,21,24,27-42,44,46-49H2,1-5H3,(H-,53,56,57,58)/p+1/b20-18-,23-22-,26-25-,45-43+. The molecule has 8 nitrogen and oxygen atoms in total. The van der Waals surface area contributed by atoms with Crippen molar-refractivity contribution >= 4 is 13.7 Å². The smallest absolute Gasteiger partial charge is 0.387 e. The highest BCUT2D eigenvalue weighted by Crippen LogP contribution is 2.43. The van der Waals surface area contributed by atoms with E-state index in [1.165, 1.54) is 154 Å². The fourth-order valence-electron chi connectivity index (χ4n) is 7.22. The van der Waals surface area contributed by atoms with Crippen LogP contribution in [0.25, 0.3) is 0 Å². The van der Waals surface area contributed by atoms with E-state index in [4.69, 9.17) is 9.05 Å². The molecule has 0 rings (SSSR count). The predicted octanol–water partition coefficient (Wildman–Crippen LogP) is 14.8. The number of likely N-dealkylation sites (N-methyl/N-ethyl adjacent to an activating group) is 1. The second-order valence-electron chi connectivity index (χ2n) is 18.5. The lowest BCUT2D eigenvalue weighted by molar-refractivity contribution is -0.870. The zero-order valence-electron chi connectivity index (χ0n) is 40.7. The Bertz CT molecular complexity index is 1130. The molecule has 61 heavy (non-hydrogen) atoms. The molecule has 0 saturated carbocycles. The van der Waals surface area contributed by atoms with Crippen LogP contribution in [0.2, 0.25) is 0 Å². The number of carbonyl (C=O) groups is 1. The van der Waals surface area contributed by atoms with Gasteiger partial charge in [-0.1, -0.05) is 210 Å². The number of carbonyl (C=O) groups excluding carboxylic acids is 1. The van der Waals surface area contributed by atoms with Crippen molar-refractivity contribution in [1.82, 2.24) is 5.32 Å². The first-order chi connectivity index (χ1) is 29.5. The molecule has 0 bridgehead atoms. The van der Waals surface area contributed by atoms with E-state index in [1.807, 2.05) is 27.2 Å². The van der Waals surface area contributed by atoms with Crippen LogP contribution in [0.15, 0.2) is 48.6 Å². The van der Waals surface area contributed by atoms with Gasteiger partial charge in [-0.05, 0) is 57.8 Å². The highest BCUT2D eigenvalue weighted by atomic mass is 31.2. The summed E-state index contributed by atoms with van der Waals surface area (Å²) < 4.78 is 23.6. The number of hydrogen-bond donors (Lipinski definition) is 3. The number of rotatable bonds is 46. The normalized spacial score (nSPS) is 14.5. The second kappa shape index (κ2) is 43.7. The van der Waals surface area contributed by atoms with Gasteiger partial charge in [0, 0.05) is 6.42 Å². The van der Waals surface area contributed by atoms with Crippen LogP contribution in [-0.4, -0.2) is 73.4 Å². The van der Waals surface area contributed by atoms with Crippen molar-refractivity contribution in [2.75, 3.05) is 40.9 Å². The third kappa shape index (κ3) is 46.3. The van der Waals surface area contributed by atoms with Crippen molar-refractivity contribution in [1.29, 1.82) is 0 Å². The molecule has 1 amide bonds. The number of phosphoric acid groups is 1. The molecule has 3 N–H and O–H groups in total. The molecular formula is C52H100N2O6P+. The van der Waals surface area contributed by atoms with E-state index >= 15 is 0 Å². The molecule has 0 spiro atoms. The van der Waals surface area contributed by atoms with Gasteiger partial charge in [-0.25, -0.2) is 4.57 Å². The van der Waals surface area contributed by atoms with Crippen LogP contribution in [0.1, 0.15) is 226 Å². The zero-order valence-corrected chi connectivity index (χ0v) is 41.5. The molecule has 0 saturated heterocycles. The fraction of sp³-hybridized carbons (Fsp3) is 0.827. The van der Waals surface area contributed by atoms with Crippen molar-refractivity contribution < 1.29 is 32.9 Å². The van der Waals surface area contributed by atoms with Gasteiger partial charge in [0.2, 0.25) is 5.91 Å². The maximum absolute atomic E-state index is 12.9. The van der Waals surface area contributed by atoms with Gasteiger partial charge in [-0.3, -0.25) is 13.8 Å². The van der Waals surface area contributed by atoms with Gasteiger partial charge in [-0.15, -0.1) is 0 Å². The Morgan fingerprint density at radius 1 is 0.557 bits per heavy atom. The maximum Gasteiger partial charge on any atom is 0.472 e. The Balaban J connectivity index is 4.18. The number of aliphatic hydroxyl groups is 1. The molecule has 0 aromatic heterocycles. The number of nitrogens with zero attached hydrogens (tertiary/aromatic N) is 1. The summed E-state index contributed by atoms with van der Waals surface area (Å²) in [4.78, 5) is 23.2. The number of phosphoric ester groups is 1. The minimum atomic E-state index is -4.34. The summed E-state index contributed by atoms with van der Waals surface area (Å²) >= 11 is 0. The first-order valence-electron chi connectivity index (χ1n) is 25.5. The average molecular weight is 880 g/mol. The molecule has 0 fully saturated rings. The molecule has 358 valence electrons. The number of allylic oxidation sites excluding steroid dienone is 7. The van der Waals surface area contributed by atoms with Gasteiger partial charge in [0.15, 0.2) is 0 Å². The maximum atomic E-state index is 12.9. The molecular weight excluding hydrogens is 780 g/mol. The summed E-state index contributed by atoms with van der Waals surface area (Å²) in [7, 11) is 1.57. The number of unbranched alkanes of at least 4 members (excludes halogenated alkanes) is 27. The van der Waals surface area contributed by atoms with Crippen LogP contribution in [0.3, 0.4) is 0 Å². The van der Waals surface area contributed by atoms with Crippen LogP contribution in [-0.2, 0) is 18.4 Å². The molecule has 3 unspecified atom stereocenters.